The van der Waals surface area contributed by atoms with Crippen LogP contribution in [0.15, 0.2) is 24.5 Å². The molecule has 1 unspecified atom stereocenters. The van der Waals surface area contributed by atoms with E-state index in [-0.39, 0.29) is 0 Å². The summed E-state index contributed by atoms with van der Waals surface area (Å²) >= 11 is 0. The number of rotatable bonds is 5. The second-order valence-electron chi connectivity index (χ2n) is 2.39. The Hall–Kier alpha value is -0.760. The lowest BCUT2D eigenvalue weighted by Crippen LogP contribution is -2.12. The molecule has 0 fully saturated rings. The second kappa shape index (κ2) is 5.98. The van der Waals surface area contributed by atoms with Gasteiger partial charge >= 0.3 is 0 Å². The van der Waals surface area contributed by atoms with Gasteiger partial charge in [0.2, 0.25) is 0 Å². The van der Waals surface area contributed by atoms with Crippen LogP contribution in [-0.2, 0) is 4.74 Å². The molecule has 0 saturated carbocycles. The maximum Gasteiger partial charge on any atom is 0.0919 e. The molecule has 0 bridgehead atoms. The van der Waals surface area contributed by atoms with Gasteiger partial charge in [-0.05, 0) is 25.5 Å². The predicted octanol–water partition coefficient (Wildman–Crippen LogP) is 1.69. The summed E-state index contributed by atoms with van der Waals surface area (Å²) in [6.45, 7) is 6.27. The molecule has 0 aromatic heterocycles. The highest BCUT2D eigenvalue weighted by Gasteiger charge is 2.04. The molecule has 0 spiro atoms. The van der Waals surface area contributed by atoms with E-state index < -0.39 is 0 Å². The highest BCUT2D eigenvalue weighted by molar-refractivity contribution is 4.96. The van der Waals surface area contributed by atoms with Gasteiger partial charge in [0, 0.05) is 6.42 Å². The quantitative estimate of drug-likeness (QED) is 0.484. The van der Waals surface area contributed by atoms with Gasteiger partial charge in [0.15, 0.2) is 0 Å². The van der Waals surface area contributed by atoms with Gasteiger partial charge in [0.05, 0.1) is 12.9 Å². The van der Waals surface area contributed by atoms with Gasteiger partial charge in [-0.25, -0.2) is 0 Å². The number of hydrogen-bond donors (Lipinski definition) is 1. The topological polar surface area (TPSA) is 35.2 Å². The van der Waals surface area contributed by atoms with Crippen molar-refractivity contribution in [3.05, 3.63) is 24.5 Å². The summed E-state index contributed by atoms with van der Waals surface area (Å²) < 4.78 is 5.09. The SMILES string of the molecule is C=CC(CN)C/C(=C\C)OC. The molecule has 2 N–H and O–H groups in total. The van der Waals surface area contributed by atoms with E-state index in [4.69, 9.17) is 10.5 Å². The van der Waals surface area contributed by atoms with E-state index in [0.29, 0.717) is 12.5 Å². The molecule has 0 amide bonds. The summed E-state index contributed by atoms with van der Waals surface area (Å²) in [4.78, 5) is 0. The molecule has 0 radical (unpaired) electrons. The van der Waals surface area contributed by atoms with Crippen LogP contribution in [0.25, 0.3) is 0 Å². The lowest BCUT2D eigenvalue weighted by molar-refractivity contribution is 0.266. The van der Waals surface area contributed by atoms with E-state index in [0.717, 1.165) is 12.2 Å². The minimum atomic E-state index is 0.334. The number of allylic oxidation sites excluding steroid dienone is 2. The zero-order valence-corrected chi connectivity index (χ0v) is 7.34. The van der Waals surface area contributed by atoms with E-state index in [2.05, 4.69) is 6.58 Å². The van der Waals surface area contributed by atoms with Gasteiger partial charge in [0.1, 0.15) is 0 Å². The first-order chi connectivity index (χ1) is 5.28. The first-order valence-corrected chi connectivity index (χ1v) is 3.80. The van der Waals surface area contributed by atoms with E-state index in [1.54, 1.807) is 7.11 Å². The van der Waals surface area contributed by atoms with Crippen LogP contribution >= 0.6 is 0 Å². The number of nitrogens with two attached hydrogens (primary N) is 1. The summed E-state index contributed by atoms with van der Waals surface area (Å²) in [5.74, 6) is 1.31. The Bertz CT molecular complexity index is 140. The van der Waals surface area contributed by atoms with Gasteiger partial charge in [-0.1, -0.05) is 6.08 Å². The third-order valence-corrected chi connectivity index (χ3v) is 1.68. The Morgan fingerprint density at radius 2 is 2.36 bits per heavy atom. The van der Waals surface area contributed by atoms with Crippen molar-refractivity contribution in [2.24, 2.45) is 11.7 Å². The highest BCUT2D eigenvalue weighted by Crippen LogP contribution is 2.11. The summed E-state index contributed by atoms with van der Waals surface area (Å²) in [7, 11) is 1.67. The Labute approximate surface area is 68.7 Å². The van der Waals surface area contributed by atoms with Crippen molar-refractivity contribution in [1.29, 1.82) is 0 Å². The van der Waals surface area contributed by atoms with Crippen molar-refractivity contribution < 1.29 is 4.74 Å². The number of ether oxygens (including phenoxy) is 1. The van der Waals surface area contributed by atoms with Gasteiger partial charge in [0.25, 0.3) is 0 Å². The van der Waals surface area contributed by atoms with Crippen molar-refractivity contribution in [1.82, 2.24) is 0 Å². The molecule has 1 atom stereocenters. The van der Waals surface area contributed by atoms with Crippen LogP contribution in [0.4, 0.5) is 0 Å². The average molecular weight is 155 g/mol. The van der Waals surface area contributed by atoms with Crippen LogP contribution in [0.5, 0.6) is 0 Å². The maximum absolute atomic E-state index is 5.49. The monoisotopic (exact) mass is 155 g/mol. The van der Waals surface area contributed by atoms with Gasteiger partial charge < -0.3 is 10.5 Å². The van der Waals surface area contributed by atoms with Crippen molar-refractivity contribution in [2.75, 3.05) is 13.7 Å². The van der Waals surface area contributed by atoms with Gasteiger partial charge in [-0.2, -0.15) is 0 Å². The van der Waals surface area contributed by atoms with Crippen molar-refractivity contribution in [2.45, 2.75) is 13.3 Å². The molecule has 0 aliphatic heterocycles. The Morgan fingerprint density at radius 3 is 2.64 bits per heavy atom. The van der Waals surface area contributed by atoms with Crippen LogP contribution in [-0.4, -0.2) is 13.7 Å². The van der Waals surface area contributed by atoms with Crippen LogP contribution in [0, 0.1) is 5.92 Å². The van der Waals surface area contributed by atoms with Crippen molar-refractivity contribution in [3.63, 3.8) is 0 Å². The molecule has 0 aromatic carbocycles. The molecular formula is C9H17NO. The number of hydrogen-bond acceptors (Lipinski definition) is 2. The molecule has 0 aliphatic carbocycles. The average Bonchev–Trinajstić information content (AvgIpc) is 2.07. The third-order valence-electron chi connectivity index (χ3n) is 1.68. The molecule has 0 aliphatic rings. The second-order valence-corrected chi connectivity index (χ2v) is 2.39. The van der Waals surface area contributed by atoms with Gasteiger partial charge in [-0.3, -0.25) is 0 Å². The fraction of sp³-hybridized carbons (Fsp3) is 0.556. The van der Waals surface area contributed by atoms with Crippen LogP contribution in [0.2, 0.25) is 0 Å². The minimum absolute atomic E-state index is 0.334. The number of methoxy groups -OCH3 is 1. The van der Waals surface area contributed by atoms with Crippen molar-refractivity contribution >= 4 is 0 Å². The van der Waals surface area contributed by atoms with E-state index in [1.807, 2.05) is 19.1 Å². The largest absolute Gasteiger partial charge is 0.501 e. The van der Waals surface area contributed by atoms with Crippen LogP contribution in [0.1, 0.15) is 13.3 Å². The van der Waals surface area contributed by atoms with E-state index in [9.17, 15) is 0 Å². The van der Waals surface area contributed by atoms with Crippen LogP contribution < -0.4 is 5.73 Å². The molecular weight excluding hydrogens is 138 g/mol. The van der Waals surface area contributed by atoms with Crippen molar-refractivity contribution in [3.8, 4) is 0 Å². The zero-order chi connectivity index (χ0) is 8.69. The molecule has 0 saturated heterocycles. The fourth-order valence-electron chi connectivity index (χ4n) is 0.840. The maximum atomic E-state index is 5.49. The first-order valence-electron chi connectivity index (χ1n) is 3.80. The predicted molar refractivity (Wildman–Crippen MR) is 48.1 cm³/mol. The molecule has 64 valence electrons. The Kier molecular flexibility index (Phi) is 5.57. The standard InChI is InChI=1S/C9H17NO/c1-4-8(7-10)6-9(5-2)11-3/h4-5,8H,1,6-7,10H2,2-3H3/b9-5+. The van der Waals surface area contributed by atoms with E-state index in [1.165, 1.54) is 0 Å². The smallest absolute Gasteiger partial charge is 0.0919 e. The highest BCUT2D eigenvalue weighted by atomic mass is 16.5. The zero-order valence-electron chi connectivity index (χ0n) is 7.34. The van der Waals surface area contributed by atoms with Crippen LogP contribution in [0.3, 0.4) is 0 Å². The fourth-order valence-corrected chi connectivity index (χ4v) is 0.840. The first kappa shape index (κ1) is 10.2. The summed E-state index contributed by atoms with van der Waals surface area (Å²) in [5, 5.41) is 0. The summed E-state index contributed by atoms with van der Waals surface area (Å²) in [5.41, 5.74) is 5.49. The Morgan fingerprint density at radius 1 is 1.73 bits per heavy atom. The normalized spacial score (nSPS) is 14.3. The molecule has 0 aromatic rings. The molecule has 11 heavy (non-hydrogen) atoms. The van der Waals surface area contributed by atoms with Gasteiger partial charge in [-0.15, -0.1) is 6.58 Å². The third kappa shape index (κ3) is 3.83. The summed E-state index contributed by atoms with van der Waals surface area (Å²) in [6.07, 6.45) is 4.67. The van der Waals surface area contributed by atoms with E-state index >= 15 is 0 Å². The molecule has 0 heterocycles. The molecule has 2 nitrogen and oxygen atoms in total. The summed E-state index contributed by atoms with van der Waals surface area (Å²) in [6, 6.07) is 0. The molecule has 2 heteroatoms. The molecule has 0 rings (SSSR count). The Balaban J connectivity index is 3.88. The lowest BCUT2D eigenvalue weighted by Gasteiger charge is -2.10. The minimum Gasteiger partial charge on any atom is -0.501 e. The lowest BCUT2D eigenvalue weighted by atomic mass is 10.1.